The minimum absolute atomic E-state index is 0. The molecule has 4 aromatic rings. The third-order valence-corrected chi connectivity index (χ3v) is 5.45. The van der Waals surface area contributed by atoms with E-state index in [9.17, 15) is 4.79 Å². The summed E-state index contributed by atoms with van der Waals surface area (Å²) in [6, 6.07) is 17.0. The Balaban J connectivity index is 0.00000245. The van der Waals surface area contributed by atoms with Crippen LogP contribution in [0.1, 0.15) is 15.9 Å². The standard InChI is InChI=1S/C24H23N5O2.ClH/c30-23(17-8-10-25-11-9-17)27-20-6-2-1-5-19(20)24-28-22-18(4-3-7-21(22)31-24)16-29-14-12-26-13-15-29;/h1-11,26H,12-16H2,(H,27,30);1H. The molecule has 1 aliphatic heterocycles. The fraction of sp³-hybridized carbons (Fsp3) is 0.208. The molecule has 0 unspecified atom stereocenters. The van der Waals surface area contributed by atoms with Crippen LogP contribution in [-0.2, 0) is 6.54 Å². The van der Waals surface area contributed by atoms with Crippen molar-refractivity contribution in [2.45, 2.75) is 6.54 Å². The van der Waals surface area contributed by atoms with E-state index in [0.717, 1.165) is 55.0 Å². The van der Waals surface area contributed by atoms with Gasteiger partial charge in [0.1, 0.15) is 5.52 Å². The maximum atomic E-state index is 12.6. The van der Waals surface area contributed by atoms with Crippen LogP contribution in [0.5, 0.6) is 0 Å². The van der Waals surface area contributed by atoms with E-state index in [-0.39, 0.29) is 18.3 Å². The first kappa shape index (κ1) is 22.0. The van der Waals surface area contributed by atoms with Gasteiger partial charge in [0.25, 0.3) is 5.91 Å². The van der Waals surface area contributed by atoms with Crippen LogP contribution in [0.15, 0.2) is 71.4 Å². The summed E-state index contributed by atoms with van der Waals surface area (Å²) in [7, 11) is 0. The number of aromatic nitrogens is 2. The Morgan fingerprint density at radius 1 is 1.03 bits per heavy atom. The van der Waals surface area contributed by atoms with E-state index in [2.05, 4.69) is 26.6 Å². The third-order valence-electron chi connectivity index (χ3n) is 5.45. The number of nitrogens with zero attached hydrogens (tertiary/aromatic N) is 3. The predicted octanol–water partition coefficient (Wildman–Crippen LogP) is 3.97. The van der Waals surface area contributed by atoms with Crippen LogP contribution in [0.25, 0.3) is 22.6 Å². The summed E-state index contributed by atoms with van der Waals surface area (Å²) in [6.45, 7) is 4.89. The van der Waals surface area contributed by atoms with Crippen molar-refractivity contribution in [2.75, 3.05) is 31.5 Å². The third kappa shape index (κ3) is 4.65. The van der Waals surface area contributed by atoms with Gasteiger partial charge in [-0.2, -0.15) is 0 Å². The minimum Gasteiger partial charge on any atom is -0.436 e. The van der Waals surface area contributed by atoms with Crippen molar-refractivity contribution in [3.63, 3.8) is 0 Å². The number of hydrogen-bond acceptors (Lipinski definition) is 6. The SMILES string of the molecule is Cl.O=C(Nc1ccccc1-c1nc2c(CN3CCNCC3)cccc2o1)c1ccncc1. The second-order valence-corrected chi connectivity index (χ2v) is 7.54. The summed E-state index contributed by atoms with van der Waals surface area (Å²) in [4.78, 5) is 23.8. The monoisotopic (exact) mass is 449 g/mol. The lowest BCUT2D eigenvalue weighted by Gasteiger charge is -2.27. The number of para-hydroxylation sites is 2. The Hall–Kier alpha value is -3.26. The van der Waals surface area contributed by atoms with Gasteiger partial charge in [0.05, 0.1) is 11.3 Å². The number of halogens is 1. The topological polar surface area (TPSA) is 83.3 Å². The molecular formula is C24H24ClN5O2. The van der Waals surface area contributed by atoms with Crippen molar-refractivity contribution in [2.24, 2.45) is 0 Å². The summed E-state index contributed by atoms with van der Waals surface area (Å²) < 4.78 is 6.11. The lowest BCUT2D eigenvalue weighted by atomic mass is 10.1. The largest absolute Gasteiger partial charge is 0.436 e. The van der Waals surface area contributed by atoms with Crippen molar-refractivity contribution in [1.82, 2.24) is 20.2 Å². The molecule has 1 fully saturated rings. The van der Waals surface area contributed by atoms with Crippen LogP contribution in [0, 0.1) is 0 Å². The van der Waals surface area contributed by atoms with Crippen LogP contribution >= 0.6 is 12.4 Å². The molecule has 2 aromatic heterocycles. The number of oxazole rings is 1. The van der Waals surface area contributed by atoms with Gasteiger partial charge in [0.15, 0.2) is 5.58 Å². The Bertz CT molecular complexity index is 1210. The van der Waals surface area contributed by atoms with Crippen LogP contribution in [0.4, 0.5) is 5.69 Å². The molecule has 32 heavy (non-hydrogen) atoms. The molecule has 3 heterocycles. The van der Waals surface area contributed by atoms with Crippen molar-refractivity contribution in [1.29, 1.82) is 0 Å². The molecule has 2 N–H and O–H groups in total. The molecule has 8 heteroatoms. The van der Waals surface area contributed by atoms with E-state index in [4.69, 9.17) is 9.40 Å². The second kappa shape index (κ2) is 9.91. The highest BCUT2D eigenvalue weighted by Gasteiger charge is 2.18. The number of hydrogen-bond donors (Lipinski definition) is 2. The van der Waals surface area contributed by atoms with E-state index >= 15 is 0 Å². The molecule has 0 atom stereocenters. The van der Waals surface area contributed by atoms with Crippen LogP contribution in [0.3, 0.4) is 0 Å². The Morgan fingerprint density at radius 3 is 2.62 bits per heavy atom. The number of anilines is 1. The summed E-state index contributed by atoms with van der Waals surface area (Å²) in [5.74, 6) is 0.291. The van der Waals surface area contributed by atoms with E-state index in [1.807, 2.05) is 36.4 Å². The number of amides is 1. The van der Waals surface area contributed by atoms with Gasteiger partial charge in [0, 0.05) is 50.7 Å². The van der Waals surface area contributed by atoms with Gasteiger partial charge in [0.2, 0.25) is 5.89 Å². The zero-order valence-electron chi connectivity index (χ0n) is 17.5. The first-order valence-electron chi connectivity index (χ1n) is 10.4. The molecule has 1 saturated heterocycles. The summed E-state index contributed by atoms with van der Waals surface area (Å²) in [5.41, 5.74) is 4.70. The number of piperazine rings is 1. The van der Waals surface area contributed by atoms with Crippen LogP contribution in [0.2, 0.25) is 0 Å². The number of benzene rings is 2. The molecule has 1 aliphatic rings. The number of carbonyl (C=O) groups is 1. The first-order valence-corrected chi connectivity index (χ1v) is 10.4. The van der Waals surface area contributed by atoms with Crippen LogP contribution in [-0.4, -0.2) is 47.0 Å². The molecule has 7 nitrogen and oxygen atoms in total. The van der Waals surface area contributed by atoms with Crippen molar-refractivity contribution >= 4 is 35.1 Å². The summed E-state index contributed by atoms with van der Waals surface area (Å²) in [5, 5.41) is 6.35. The smallest absolute Gasteiger partial charge is 0.255 e. The maximum Gasteiger partial charge on any atom is 0.255 e. The van der Waals surface area contributed by atoms with E-state index < -0.39 is 0 Å². The maximum absolute atomic E-state index is 12.6. The molecule has 2 aromatic carbocycles. The average Bonchev–Trinajstić information content (AvgIpc) is 3.26. The number of rotatable bonds is 5. The number of fused-ring (bicyclic) bond motifs is 1. The number of carbonyl (C=O) groups excluding carboxylic acids is 1. The van der Waals surface area contributed by atoms with E-state index in [1.54, 1.807) is 24.5 Å². The van der Waals surface area contributed by atoms with Gasteiger partial charge in [-0.3, -0.25) is 14.7 Å². The lowest BCUT2D eigenvalue weighted by Crippen LogP contribution is -2.42. The normalized spacial score (nSPS) is 14.1. The predicted molar refractivity (Wildman–Crippen MR) is 127 cm³/mol. The van der Waals surface area contributed by atoms with Crippen LogP contribution < -0.4 is 10.6 Å². The average molecular weight is 450 g/mol. The van der Waals surface area contributed by atoms with Gasteiger partial charge in [-0.25, -0.2) is 4.98 Å². The van der Waals surface area contributed by atoms with Gasteiger partial charge in [-0.05, 0) is 35.9 Å². The van der Waals surface area contributed by atoms with E-state index in [0.29, 0.717) is 17.1 Å². The molecule has 0 aliphatic carbocycles. The minimum atomic E-state index is -0.203. The number of nitrogens with one attached hydrogen (secondary N) is 2. The molecular weight excluding hydrogens is 426 g/mol. The highest BCUT2D eigenvalue weighted by atomic mass is 35.5. The van der Waals surface area contributed by atoms with Crippen molar-refractivity contribution in [3.05, 3.63) is 78.1 Å². The Labute approximate surface area is 192 Å². The summed E-state index contributed by atoms with van der Waals surface area (Å²) >= 11 is 0. The lowest BCUT2D eigenvalue weighted by molar-refractivity contribution is 0.102. The Kier molecular flexibility index (Phi) is 6.80. The van der Waals surface area contributed by atoms with Crippen molar-refractivity contribution in [3.8, 4) is 11.5 Å². The molecule has 0 radical (unpaired) electrons. The molecule has 0 saturated carbocycles. The fourth-order valence-corrected chi connectivity index (χ4v) is 3.83. The zero-order valence-corrected chi connectivity index (χ0v) is 18.3. The molecule has 5 rings (SSSR count). The van der Waals surface area contributed by atoms with Gasteiger partial charge in [-0.15, -0.1) is 12.4 Å². The van der Waals surface area contributed by atoms with Gasteiger partial charge in [-0.1, -0.05) is 24.3 Å². The Morgan fingerprint density at radius 2 is 1.81 bits per heavy atom. The van der Waals surface area contributed by atoms with E-state index in [1.165, 1.54) is 0 Å². The van der Waals surface area contributed by atoms with Gasteiger partial charge >= 0.3 is 0 Å². The molecule has 1 amide bonds. The fourth-order valence-electron chi connectivity index (χ4n) is 3.83. The quantitative estimate of drug-likeness (QED) is 0.479. The zero-order chi connectivity index (χ0) is 21.0. The molecule has 164 valence electrons. The first-order chi connectivity index (χ1) is 15.3. The highest BCUT2D eigenvalue weighted by molar-refractivity contribution is 6.06. The number of pyridine rings is 1. The molecule has 0 bridgehead atoms. The van der Waals surface area contributed by atoms with Crippen molar-refractivity contribution < 1.29 is 9.21 Å². The molecule has 0 spiro atoms. The summed E-state index contributed by atoms with van der Waals surface area (Å²) in [6.07, 6.45) is 3.20. The second-order valence-electron chi connectivity index (χ2n) is 7.54. The van der Waals surface area contributed by atoms with Gasteiger partial charge < -0.3 is 15.1 Å². The highest BCUT2D eigenvalue weighted by Crippen LogP contribution is 2.31.